The molecule has 1 saturated heterocycles. The molecule has 0 spiro atoms. The lowest BCUT2D eigenvalue weighted by molar-refractivity contribution is -0.141. The van der Waals surface area contributed by atoms with E-state index in [0.29, 0.717) is 13.0 Å². The van der Waals surface area contributed by atoms with E-state index in [2.05, 4.69) is 10.6 Å². The fraction of sp³-hybridized carbons (Fsp3) is 0.750. The molecule has 106 valence electrons. The van der Waals surface area contributed by atoms with Crippen molar-refractivity contribution in [3.8, 4) is 0 Å². The van der Waals surface area contributed by atoms with E-state index in [-0.39, 0.29) is 24.5 Å². The van der Waals surface area contributed by atoms with Crippen LogP contribution in [-0.4, -0.2) is 53.1 Å². The monoisotopic (exact) mass is 269 g/mol. The number of carbonyl (C=O) groups is 3. The van der Waals surface area contributed by atoms with E-state index in [4.69, 9.17) is 5.11 Å². The van der Waals surface area contributed by atoms with E-state index >= 15 is 0 Å². The van der Waals surface area contributed by atoms with Crippen molar-refractivity contribution in [1.82, 2.24) is 15.5 Å². The third-order valence-electron chi connectivity index (χ3n) is 3.48. The second kappa shape index (κ2) is 5.46. The van der Waals surface area contributed by atoms with Gasteiger partial charge in [0.2, 0.25) is 5.91 Å². The van der Waals surface area contributed by atoms with Gasteiger partial charge in [-0.3, -0.25) is 9.59 Å². The maximum absolute atomic E-state index is 11.9. The summed E-state index contributed by atoms with van der Waals surface area (Å²) in [6, 6.07) is -0.714. The summed E-state index contributed by atoms with van der Waals surface area (Å²) in [6.45, 7) is 2.25. The highest BCUT2D eigenvalue weighted by Gasteiger charge is 2.32. The number of nitrogens with one attached hydrogen (secondary N) is 2. The van der Waals surface area contributed by atoms with Crippen LogP contribution in [0.15, 0.2) is 0 Å². The van der Waals surface area contributed by atoms with E-state index in [1.165, 1.54) is 4.90 Å². The molecule has 7 heteroatoms. The first-order valence-electron chi connectivity index (χ1n) is 6.56. The minimum absolute atomic E-state index is 0.190. The van der Waals surface area contributed by atoms with E-state index in [1.807, 2.05) is 0 Å². The number of carboxylic acids is 1. The van der Waals surface area contributed by atoms with E-state index in [1.54, 1.807) is 6.92 Å². The van der Waals surface area contributed by atoms with Crippen LogP contribution in [0.5, 0.6) is 0 Å². The molecule has 7 nitrogen and oxygen atoms in total. The molecule has 2 aliphatic rings. The summed E-state index contributed by atoms with van der Waals surface area (Å²) < 4.78 is 0. The van der Waals surface area contributed by atoms with Gasteiger partial charge in [-0.05, 0) is 26.2 Å². The van der Waals surface area contributed by atoms with Crippen LogP contribution < -0.4 is 10.6 Å². The van der Waals surface area contributed by atoms with E-state index in [0.717, 1.165) is 12.8 Å². The van der Waals surface area contributed by atoms with Crippen LogP contribution in [0.25, 0.3) is 0 Å². The molecule has 1 aliphatic carbocycles. The summed E-state index contributed by atoms with van der Waals surface area (Å²) in [5, 5.41) is 14.3. The zero-order chi connectivity index (χ0) is 14.0. The van der Waals surface area contributed by atoms with Gasteiger partial charge >= 0.3 is 12.0 Å². The van der Waals surface area contributed by atoms with Crippen molar-refractivity contribution in [1.29, 1.82) is 0 Å². The summed E-state index contributed by atoms with van der Waals surface area (Å²) in [5.74, 6) is -1.57. The third kappa shape index (κ3) is 3.59. The summed E-state index contributed by atoms with van der Waals surface area (Å²) in [4.78, 5) is 35.8. The molecule has 2 unspecified atom stereocenters. The number of carboxylic acid groups (broad SMARTS) is 1. The summed E-state index contributed by atoms with van der Waals surface area (Å²) in [7, 11) is 0. The van der Waals surface area contributed by atoms with Crippen LogP contribution in [0.3, 0.4) is 0 Å². The number of amides is 3. The molecule has 0 aromatic rings. The topological polar surface area (TPSA) is 98.7 Å². The van der Waals surface area contributed by atoms with Gasteiger partial charge in [0.25, 0.3) is 0 Å². The Morgan fingerprint density at radius 3 is 2.47 bits per heavy atom. The Bertz CT molecular complexity index is 394. The first kappa shape index (κ1) is 13.6. The number of urea groups is 1. The predicted molar refractivity (Wildman–Crippen MR) is 66.5 cm³/mol. The van der Waals surface area contributed by atoms with Crippen LogP contribution >= 0.6 is 0 Å². The van der Waals surface area contributed by atoms with E-state index < -0.39 is 17.9 Å². The molecule has 0 aromatic carbocycles. The molecule has 1 aliphatic heterocycles. The third-order valence-corrected chi connectivity index (χ3v) is 3.48. The van der Waals surface area contributed by atoms with Gasteiger partial charge in [0.05, 0.1) is 5.92 Å². The average molecular weight is 269 g/mol. The van der Waals surface area contributed by atoms with Crippen molar-refractivity contribution in [3.05, 3.63) is 0 Å². The lowest BCUT2D eigenvalue weighted by atomic mass is 10.1. The standard InChI is InChI=1S/C12H19N3O4/c1-7(10(16)14-9-2-3-9)13-12(19)15-5-4-8(6-15)11(17)18/h7-9H,2-6H2,1H3,(H,13,19)(H,14,16)(H,17,18). The van der Waals surface area contributed by atoms with Crippen molar-refractivity contribution in [2.45, 2.75) is 38.3 Å². The Kier molecular flexibility index (Phi) is 3.92. The predicted octanol–water partition coefficient (Wildman–Crippen LogP) is -0.230. The fourth-order valence-electron chi connectivity index (χ4n) is 2.04. The van der Waals surface area contributed by atoms with Gasteiger partial charge < -0.3 is 20.6 Å². The van der Waals surface area contributed by atoms with Gasteiger partial charge in [0, 0.05) is 19.1 Å². The van der Waals surface area contributed by atoms with Crippen LogP contribution in [-0.2, 0) is 9.59 Å². The van der Waals surface area contributed by atoms with E-state index in [9.17, 15) is 14.4 Å². The highest BCUT2D eigenvalue weighted by molar-refractivity contribution is 5.87. The number of nitrogens with zero attached hydrogens (tertiary/aromatic N) is 1. The van der Waals surface area contributed by atoms with Crippen LogP contribution in [0.1, 0.15) is 26.2 Å². The molecule has 2 atom stereocenters. The van der Waals surface area contributed by atoms with Gasteiger partial charge in [0.1, 0.15) is 6.04 Å². The molecule has 1 saturated carbocycles. The molecule has 2 fully saturated rings. The van der Waals surface area contributed by atoms with Gasteiger partial charge in [-0.1, -0.05) is 0 Å². The summed E-state index contributed by atoms with van der Waals surface area (Å²) in [6.07, 6.45) is 2.46. The van der Waals surface area contributed by atoms with Crippen molar-refractivity contribution in [2.24, 2.45) is 5.92 Å². The molecule has 2 rings (SSSR count). The number of aliphatic carboxylic acids is 1. The Labute approximate surface area is 111 Å². The molecule has 19 heavy (non-hydrogen) atoms. The van der Waals surface area contributed by atoms with Crippen molar-refractivity contribution >= 4 is 17.9 Å². The van der Waals surface area contributed by atoms with Gasteiger partial charge in [0.15, 0.2) is 0 Å². The summed E-state index contributed by atoms with van der Waals surface area (Å²) >= 11 is 0. The van der Waals surface area contributed by atoms with Crippen molar-refractivity contribution < 1.29 is 19.5 Å². The Hall–Kier alpha value is -1.79. The Balaban J connectivity index is 1.77. The first-order valence-corrected chi connectivity index (χ1v) is 6.56. The van der Waals surface area contributed by atoms with Gasteiger partial charge in [-0.15, -0.1) is 0 Å². The fourth-order valence-corrected chi connectivity index (χ4v) is 2.04. The lowest BCUT2D eigenvalue weighted by Gasteiger charge is -2.20. The van der Waals surface area contributed by atoms with Crippen molar-refractivity contribution in [3.63, 3.8) is 0 Å². The summed E-state index contributed by atoms with van der Waals surface area (Å²) in [5.41, 5.74) is 0. The molecule has 1 heterocycles. The number of hydrogen-bond donors (Lipinski definition) is 3. The second-order valence-electron chi connectivity index (χ2n) is 5.22. The number of likely N-dealkylation sites (tertiary alicyclic amines) is 1. The number of hydrogen-bond acceptors (Lipinski definition) is 3. The Morgan fingerprint density at radius 1 is 1.26 bits per heavy atom. The maximum Gasteiger partial charge on any atom is 0.318 e. The molecule has 3 N–H and O–H groups in total. The zero-order valence-electron chi connectivity index (χ0n) is 10.9. The van der Waals surface area contributed by atoms with Crippen LogP contribution in [0.2, 0.25) is 0 Å². The average Bonchev–Trinajstić information content (AvgIpc) is 3.01. The second-order valence-corrected chi connectivity index (χ2v) is 5.22. The van der Waals surface area contributed by atoms with Gasteiger partial charge in [-0.2, -0.15) is 0 Å². The van der Waals surface area contributed by atoms with Gasteiger partial charge in [-0.25, -0.2) is 4.79 Å². The first-order chi connectivity index (χ1) is 8.97. The number of carbonyl (C=O) groups excluding carboxylic acids is 2. The highest BCUT2D eigenvalue weighted by atomic mass is 16.4. The molecular weight excluding hydrogens is 250 g/mol. The molecule has 0 aromatic heterocycles. The molecular formula is C12H19N3O4. The minimum Gasteiger partial charge on any atom is -0.481 e. The lowest BCUT2D eigenvalue weighted by Crippen LogP contribution is -2.49. The SMILES string of the molecule is CC(NC(=O)N1CCC(C(=O)O)C1)C(=O)NC1CC1. The van der Waals surface area contributed by atoms with Crippen LogP contribution in [0.4, 0.5) is 4.79 Å². The largest absolute Gasteiger partial charge is 0.481 e. The molecule has 3 amide bonds. The normalized spacial score (nSPS) is 23.8. The molecule has 0 radical (unpaired) electrons. The number of rotatable bonds is 4. The highest BCUT2D eigenvalue weighted by Crippen LogP contribution is 2.19. The minimum atomic E-state index is -0.880. The Morgan fingerprint density at radius 2 is 1.95 bits per heavy atom. The quantitative estimate of drug-likeness (QED) is 0.656. The smallest absolute Gasteiger partial charge is 0.318 e. The maximum atomic E-state index is 11.9. The molecule has 0 bridgehead atoms. The van der Waals surface area contributed by atoms with Crippen LogP contribution in [0, 0.1) is 5.92 Å². The zero-order valence-corrected chi connectivity index (χ0v) is 10.9. The van der Waals surface area contributed by atoms with Crippen molar-refractivity contribution in [2.75, 3.05) is 13.1 Å².